The number of aromatic nitrogens is 2. The molecule has 1 fully saturated rings. The predicted molar refractivity (Wildman–Crippen MR) is 115 cm³/mol. The smallest absolute Gasteiger partial charge is 0.222 e. The summed E-state index contributed by atoms with van der Waals surface area (Å²) >= 11 is 0. The van der Waals surface area contributed by atoms with Crippen molar-refractivity contribution in [2.24, 2.45) is 5.92 Å². The Morgan fingerprint density at radius 1 is 1.04 bits per heavy atom. The Bertz CT molecular complexity index is 623. The van der Waals surface area contributed by atoms with Gasteiger partial charge in [-0.2, -0.15) is 0 Å². The van der Waals surface area contributed by atoms with Gasteiger partial charge in [0.2, 0.25) is 5.91 Å². The van der Waals surface area contributed by atoms with E-state index in [9.17, 15) is 4.79 Å². The number of fused-ring (bicyclic) bond motifs is 1. The number of amides is 1. The van der Waals surface area contributed by atoms with Crippen LogP contribution < -0.4 is 4.90 Å². The fourth-order valence-electron chi connectivity index (χ4n) is 3.84. The summed E-state index contributed by atoms with van der Waals surface area (Å²) in [6.45, 7) is 18.4. The van der Waals surface area contributed by atoms with Crippen LogP contribution in [0.3, 0.4) is 0 Å². The molecule has 28 heavy (non-hydrogen) atoms. The van der Waals surface area contributed by atoms with Gasteiger partial charge in [-0.05, 0) is 32.6 Å². The Hall–Kier alpha value is -1.69. The highest BCUT2D eigenvalue weighted by molar-refractivity contribution is 5.76. The molecule has 0 spiro atoms. The molecule has 0 radical (unpaired) electrons. The van der Waals surface area contributed by atoms with E-state index in [-0.39, 0.29) is 5.91 Å². The summed E-state index contributed by atoms with van der Waals surface area (Å²) in [7, 11) is 0. The molecule has 6 heteroatoms. The third-order valence-corrected chi connectivity index (χ3v) is 5.62. The number of rotatable bonds is 5. The van der Waals surface area contributed by atoms with Gasteiger partial charge in [-0.3, -0.25) is 9.69 Å². The van der Waals surface area contributed by atoms with E-state index in [2.05, 4.69) is 47.5 Å². The van der Waals surface area contributed by atoms with Crippen molar-refractivity contribution in [3.05, 3.63) is 17.6 Å². The number of anilines is 1. The molecule has 158 valence electrons. The Labute approximate surface area is 171 Å². The highest BCUT2D eigenvalue weighted by Crippen LogP contribution is 2.27. The van der Waals surface area contributed by atoms with Gasteiger partial charge in [-0.15, -0.1) is 0 Å². The summed E-state index contributed by atoms with van der Waals surface area (Å²) in [6, 6.07) is 0.599. The first-order valence-corrected chi connectivity index (χ1v) is 11.0. The number of carbonyl (C=O) groups is 1. The molecular formula is C22H39N5O. The van der Waals surface area contributed by atoms with Crippen molar-refractivity contribution in [1.29, 1.82) is 0 Å². The van der Waals surface area contributed by atoms with Crippen LogP contribution in [-0.2, 0) is 17.8 Å². The van der Waals surface area contributed by atoms with E-state index >= 15 is 0 Å². The Kier molecular flexibility index (Phi) is 8.67. The molecule has 0 saturated carbocycles. The third-order valence-electron chi connectivity index (χ3n) is 5.62. The van der Waals surface area contributed by atoms with Gasteiger partial charge in [0.15, 0.2) is 0 Å². The first kappa shape index (κ1) is 22.6. The molecule has 2 aliphatic rings. The molecule has 0 aliphatic carbocycles. The van der Waals surface area contributed by atoms with Crippen LogP contribution in [0.25, 0.3) is 0 Å². The van der Waals surface area contributed by atoms with E-state index in [1.54, 1.807) is 6.33 Å². The lowest BCUT2D eigenvalue weighted by atomic mass is 10.0. The highest BCUT2D eigenvalue weighted by Gasteiger charge is 2.27. The maximum atomic E-state index is 12.5. The second-order valence-electron chi connectivity index (χ2n) is 8.24. The maximum Gasteiger partial charge on any atom is 0.222 e. The Morgan fingerprint density at radius 3 is 2.32 bits per heavy atom. The first-order valence-electron chi connectivity index (χ1n) is 11.0. The van der Waals surface area contributed by atoms with Gasteiger partial charge in [-0.25, -0.2) is 9.97 Å². The summed E-state index contributed by atoms with van der Waals surface area (Å²) in [5.41, 5.74) is 2.28. The normalized spacial score (nSPS) is 17.4. The predicted octanol–water partition coefficient (Wildman–Crippen LogP) is 3.35. The SMILES string of the molecule is CC.CC(C)CCC(=O)N1CCc2c(ncnc2N2CCN(C(C)C)CC2)C1. The molecule has 3 heterocycles. The van der Waals surface area contributed by atoms with Crippen molar-refractivity contribution >= 4 is 11.7 Å². The monoisotopic (exact) mass is 389 g/mol. The van der Waals surface area contributed by atoms with E-state index in [0.29, 0.717) is 24.9 Å². The van der Waals surface area contributed by atoms with Crippen molar-refractivity contribution in [3.63, 3.8) is 0 Å². The number of hydrogen-bond acceptors (Lipinski definition) is 5. The second kappa shape index (κ2) is 10.7. The average molecular weight is 390 g/mol. The van der Waals surface area contributed by atoms with E-state index in [1.165, 1.54) is 5.56 Å². The maximum absolute atomic E-state index is 12.5. The van der Waals surface area contributed by atoms with Gasteiger partial charge in [-0.1, -0.05) is 27.7 Å². The fraction of sp³-hybridized carbons (Fsp3) is 0.773. The van der Waals surface area contributed by atoms with Gasteiger partial charge in [0.05, 0.1) is 12.2 Å². The molecule has 0 atom stereocenters. The molecule has 6 nitrogen and oxygen atoms in total. The molecule has 1 aromatic heterocycles. The molecule has 0 aromatic carbocycles. The minimum absolute atomic E-state index is 0.259. The number of carbonyl (C=O) groups excluding carboxylic acids is 1. The van der Waals surface area contributed by atoms with Crippen molar-refractivity contribution in [3.8, 4) is 0 Å². The minimum Gasteiger partial charge on any atom is -0.354 e. The molecule has 1 saturated heterocycles. The lowest BCUT2D eigenvalue weighted by Gasteiger charge is -2.39. The van der Waals surface area contributed by atoms with E-state index in [0.717, 1.165) is 57.1 Å². The summed E-state index contributed by atoms with van der Waals surface area (Å²) < 4.78 is 0. The third kappa shape index (κ3) is 5.66. The molecule has 0 bridgehead atoms. The Morgan fingerprint density at radius 2 is 1.71 bits per heavy atom. The van der Waals surface area contributed by atoms with Crippen LogP contribution in [0.15, 0.2) is 6.33 Å². The zero-order valence-electron chi connectivity index (χ0n) is 18.7. The van der Waals surface area contributed by atoms with Crippen LogP contribution in [-0.4, -0.2) is 64.4 Å². The van der Waals surface area contributed by atoms with Gasteiger partial charge in [0, 0.05) is 50.7 Å². The molecule has 3 rings (SSSR count). The van der Waals surface area contributed by atoms with Crippen molar-refractivity contribution in [2.45, 2.75) is 73.4 Å². The second-order valence-corrected chi connectivity index (χ2v) is 8.24. The summed E-state index contributed by atoms with van der Waals surface area (Å²) in [4.78, 5) is 28.5. The standard InChI is InChI=1S/C20H33N5O.C2H6/c1-15(2)5-6-19(26)25-8-7-17-18(13-25)21-14-22-20(17)24-11-9-23(10-12-24)16(3)4;1-2/h14-16H,5-13H2,1-4H3;1-2H3. The van der Waals surface area contributed by atoms with Gasteiger partial charge in [0.25, 0.3) is 0 Å². The number of nitrogens with zero attached hydrogens (tertiary/aromatic N) is 5. The summed E-state index contributed by atoms with van der Waals surface area (Å²) in [5.74, 6) is 1.91. The van der Waals surface area contributed by atoms with Gasteiger partial charge >= 0.3 is 0 Å². The van der Waals surface area contributed by atoms with E-state index in [4.69, 9.17) is 0 Å². The van der Waals surface area contributed by atoms with Crippen LogP contribution in [0.1, 0.15) is 65.6 Å². The van der Waals surface area contributed by atoms with Crippen LogP contribution in [0.5, 0.6) is 0 Å². The summed E-state index contributed by atoms with van der Waals surface area (Å²) in [5, 5.41) is 0. The first-order chi connectivity index (χ1) is 13.5. The lowest BCUT2D eigenvalue weighted by molar-refractivity contribution is -0.132. The van der Waals surface area contributed by atoms with Gasteiger partial charge in [0.1, 0.15) is 12.1 Å². The molecular weight excluding hydrogens is 350 g/mol. The average Bonchev–Trinajstić information content (AvgIpc) is 2.72. The molecule has 1 amide bonds. The topological polar surface area (TPSA) is 52.6 Å². The van der Waals surface area contributed by atoms with Gasteiger partial charge < -0.3 is 9.80 Å². The molecule has 0 unspecified atom stereocenters. The highest BCUT2D eigenvalue weighted by atomic mass is 16.2. The minimum atomic E-state index is 0.259. The van der Waals surface area contributed by atoms with Crippen molar-refractivity contribution in [2.75, 3.05) is 37.6 Å². The van der Waals surface area contributed by atoms with E-state index < -0.39 is 0 Å². The quantitative estimate of drug-likeness (QED) is 0.773. The van der Waals surface area contributed by atoms with E-state index in [1.807, 2.05) is 18.7 Å². The lowest BCUT2D eigenvalue weighted by Crippen LogP contribution is -2.49. The summed E-state index contributed by atoms with van der Waals surface area (Å²) in [6.07, 6.45) is 4.13. The zero-order chi connectivity index (χ0) is 20.7. The van der Waals surface area contributed by atoms with Crippen molar-refractivity contribution < 1.29 is 4.79 Å². The largest absolute Gasteiger partial charge is 0.354 e. The molecule has 2 aliphatic heterocycles. The number of piperazine rings is 1. The van der Waals surface area contributed by atoms with Crippen LogP contribution >= 0.6 is 0 Å². The zero-order valence-corrected chi connectivity index (χ0v) is 18.7. The fourth-order valence-corrected chi connectivity index (χ4v) is 3.84. The van der Waals surface area contributed by atoms with Crippen LogP contribution in [0.4, 0.5) is 5.82 Å². The van der Waals surface area contributed by atoms with Crippen LogP contribution in [0, 0.1) is 5.92 Å². The Balaban J connectivity index is 0.00000136. The van der Waals surface area contributed by atoms with Crippen LogP contribution in [0.2, 0.25) is 0 Å². The van der Waals surface area contributed by atoms with Crippen molar-refractivity contribution in [1.82, 2.24) is 19.8 Å². The number of hydrogen-bond donors (Lipinski definition) is 0. The molecule has 0 N–H and O–H groups in total. The molecule has 1 aromatic rings.